The molecule has 3 saturated heterocycles. The van der Waals surface area contributed by atoms with Gasteiger partial charge >= 0.3 is 18.1 Å². The average molecular weight is 1280 g/mol. The predicted molar refractivity (Wildman–Crippen MR) is 372 cm³/mol. The van der Waals surface area contributed by atoms with Gasteiger partial charge in [-0.2, -0.15) is 5.10 Å². The SMILES string of the molecule is CCCC(C)N1CCC(N(Cc2ccccc2)C(=O)Nc2ccc(S(=O)(=O)NC(C)=O)cc2)CC1.CCCC(C)N1CCC(N(Cc2ccccc2)C(=O)Nc2ccccc2C)CC1.CCCC(C)N1CCC(N(Cc2ccccc2)C(=O)Nc2cnn(C)c2)CC1. The predicted octanol–water partition coefficient (Wildman–Crippen LogP) is 14.0. The molecule has 0 aliphatic carbocycles. The van der Waals surface area contributed by atoms with Crippen LogP contribution >= 0.6 is 0 Å². The van der Waals surface area contributed by atoms with Crippen LogP contribution in [-0.4, -0.2) is 147 Å². The fraction of sp³-hybridized carbons (Fsp3) is 0.493. The highest BCUT2D eigenvalue weighted by Crippen LogP contribution is 2.28. The number of anilines is 3. The number of nitrogens with one attached hydrogen (secondary N) is 4. The highest BCUT2D eigenvalue weighted by Gasteiger charge is 2.33. The summed E-state index contributed by atoms with van der Waals surface area (Å²) in [5.74, 6) is -0.658. The number of aromatic nitrogens is 2. The quantitative estimate of drug-likeness (QED) is 0.0481. The number of likely N-dealkylation sites (tertiary alicyclic amines) is 3. The summed E-state index contributed by atoms with van der Waals surface area (Å²) < 4.78 is 28.0. The molecule has 3 unspecified atom stereocenters. The summed E-state index contributed by atoms with van der Waals surface area (Å²) in [5, 5.41) is 13.3. The molecule has 9 rings (SSSR count). The van der Waals surface area contributed by atoms with E-state index in [2.05, 4.69) is 102 Å². The van der Waals surface area contributed by atoms with E-state index in [1.165, 1.54) is 61.9 Å². The van der Waals surface area contributed by atoms with Crippen molar-refractivity contribution in [3.8, 4) is 0 Å². The fourth-order valence-corrected chi connectivity index (χ4v) is 13.9. The van der Waals surface area contributed by atoms with Gasteiger partial charge in [0.2, 0.25) is 5.91 Å². The van der Waals surface area contributed by atoms with E-state index in [1.807, 2.05) is 131 Å². The number of carbonyl (C=O) groups is 4. The van der Waals surface area contributed by atoms with Gasteiger partial charge in [0.1, 0.15) is 0 Å². The van der Waals surface area contributed by atoms with Crippen LogP contribution in [0.5, 0.6) is 0 Å². The minimum absolute atomic E-state index is 0.00297. The van der Waals surface area contributed by atoms with Crippen LogP contribution in [0.4, 0.5) is 31.4 Å². The number of nitrogens with zero attached hydrogens (tertiary/aromatic N) is 8. The van der Waals surface area contributed by atoms with E-state index in [-0.39, 0.29) is 41.1 Å². The Morgan fingerprint density at radius 3 is 1.18 bits per heavy atom. The summed E-state index contributed by atoms with van der Waals surface area (Å²) in [6, 6.07) is 46.4. The normalized spacial score (nSPS) is 16.3. The number of aryl methyl sites for hydroxylation is 2. The van der Waals surface area contributed by atoms with Crippen LogP contribution in [0.15, 0.2) is 157 Å². The van der Waals surface area contributed by atoms with Gasteiger partial charge in [-0.25, -0.2) is 27.5 Å². The third-order valence-electron chi connectivity index (χ3n) is 18.2. The second kappa shape index (κ2) is 36.6. The molecule has 3 aliphatic heterocycles. The van der Waals surface area contributed by atoms with Gasteiger partial charge in [-0.15, -0.1) is 0 Å². The zero-order chi connectivity index (χ0) is 66.0. The molecule has 4 N–H and O–H groups in total. The van der Waals surface area contributed by atoms with Crippen molar-refractivity contribution in [3.05, 3.63) is 174 Å². The van der Waals surface area contributed by atoms with E-state index in [9.17, 15) is 27.6 Å². The minimum Gasteiger partial charge on any atom is -0.317 e. The number of carbonyl (C=O) groups excluding carboxylic acids is 4. The van der Waals surface area contributed by atoms with Gasteiger partial charge < -0.3 is 45.3 Å². The summed E-state index contributed by atoms with van der Waals surface area (Å²) in [4.78, 5) is 64.5. The van der Waals surface area contributed by atoms with Crippen molar-refractivity contribution in [2.45, 2.75) is 193 Å². The maximum Gasteiger partial charge on any atom is 0.322 e. The van der Waals surface area contributed by atoms with Crippen molar-refractivity contribution in [1.29, 1.82) is 0 Å². The molecule has 19 heteroatoms. The van der Waals surface area contributed by atoms with Gasteiger partial charge in [0.15, 0.2) is 0 Å². The largest absolute Gasteiger partial charge is 0.322 e. The number of piperidine rings is 3. The number of benzene rings is 5. The third-order valence-corrected chi connectivity index (χ3v) is 19.7. The Hall–Kier alpha value is -7.58. The van der Waals surface area contributed by atoms with Crippen molar-refractivity contribution < 1.29 is 27.6 Å². The summed E-state index contributed by atoms with van der Waals surface area (Å²) in [7, 11) is -2.07. The molecule has 3 aliphatic rings. The standard InChI is InChI=1S/C26H36N4O4S.C25H35N3O.C22H33N5O/c1-4-8-20(2)29-17-15-24(16-18-29)30(19-22-9-6-5-7-10-22)26(32)27-23-11-13-25(14-12-23)35(33,34)28-21(3)31;1-4-10-21(3)27-17-15-23(16-18-27)28(19-22-12-6-5-7-13-22)25(29)26-24-14-9-8-11-20(24)2;1-4-8-18(2)26-13-11-21(12-14-26)27(16-19-9-6-5-7-10-19)22(28)24-20-15-23-25(3)17-20/h5-7,9-14,20,24H,4,8,15-19H2,1-3H3,(H,27,32)(H,28,31);5-9,11-14,21,23H,4,10,15-19H2,1-3H3,(H,26,29);5-7,9-10,15,17-18,21H,4,8,11-14,16H2,1-3H3,(H,24,28). The number of para-hydroxylation sites is 1. The van der Waals surface area contributed by atoms with E-state index in [0.29, 0.717) is 43.4 Å². The molecular formula is C73H104N12O6S. The first-order valence-corrected chi connectivity index (χ1v) is 35.1. The van der Waals surface area contributed by atoms with Crippen molar-refractivity contribution in [1.82, 2.24) is 43.9 Å². The van der Waals surface area contributed by atoms with E-state index in [0.717, 1.165) is 119 Å². The molecule has 6 aromatic rings. The summed E-state index contributed by atoms with van der Waals surface area (Å²) in [6.45, 7) is 24.7. The van der Waals surface area contributed by atoms with Crippen LogP contribution in [0.2, 0.25) is 0 Å². The lowest BCUT2D eigenvalue weighted by molar-refractivity contribution is -0.117. The lowest BCUT2D eigenvalue weighted by atomic mass is 10.00. The van der Waals surface area contributed by atoms with Crippen LogP contribution in [0.25, 0.3) is 0 Å². The first kappa shape index (κ1) is 71.9. The van der Waals surface area contributed by atoms with Gasteiger partial charge in [-0.1, -0.05) is 149 Å². The van der Waals surface area contributed by atoms with Crippen LogP contribution in [0, 0.1) is 6.92 Å². The Kier molecular flexibility index (Phi) is 28.6. The Morgan fingerprint density at radius 1 is 0.500 bits per heavy atom. The van der Waals surface area contributed by atoms with Crippen LogP contribution in [0.3, 0.4) is 0 Å². The Bertz CT molecular complexity index is 3280. The monoisotopic (exact) mass is 1280 g/mol. The molecule has 0 bridgehead atoms. The van der Waals surface area contributed by atoms with Crippen molar-refractivity contribution in [3.63, 3.8) is 0 Å². The Morgan fingerprint density at radius 2 is 0.848 bits per heavy atom. The van der Waals surface area contributed by atoms with Crippen LogP contribution in [-0.2, 0) is 41.5 Å². The van der Waals surface area contributed by atoms with Crippen LogP contribution < -0.4 is 20.7 Å². The average Bonchev–Trinajstić information content (AvgIpc) is 1.00. The topological polar surface area (TPSA) is 188 Å². The summed E-state index contributed by atoms with van der Waals surface area (Å²) in [6.07, 6.45) is 16.7. The highest BCUT2D eigenvalue weighted by molar-refractivity contribution is 7.90. The summed E-state index contributed by atoms with van der Waals surface area (Å²) in [5.41, 5.74) is 6.60. The van der Waals surface area contributed by atoms with Gasteiger partial charge in [-0.05, 0) is 138 Å². The maximum atomic E-state index is 13.4. The van der Waals surface area contributed by atoms with Crippen LogP contribution in [0.1, 0.15) is 148 Å². The van der Waals surface area contributed by atoms with Crippen molar-refractivity contribution >= 4 is 51.1 Å². The van der Waals surface area contributed by atoms with Gasteiger partial charge in [0.25, 0.3) is 10.0 Å². The lowest BCUT2D eigenvalue weighted by Crippen LogP contribution is -2.50. The van der Waals surface area contributed by atoms with Gasteiger partial charge in [0.05, 0.1) is 16.8 Å². The van der Waals surface area contributed by atoms with Gasteiger partial charge in [0, 0.05) is 127 Å². The molecule has 4 heterocycles. The highest BCUT2D eigenvalue weighted by atomic mass is 32.2. The number of sulfonamides is 1. The van der Waals surface area contributed by atoms with E-state index < -0.39 is 15.9 Å². The molecule has 92 heavy (non-hydrogen) atoms. The van der Waals surface area contributed by atoms with E-state index in [4.69, 9.17) is 0 Å². The number of hydrogen-bond acceptors (Lipinski definition) is 10. The molecule has 0 spiro atoms. The molecular weight excluding hydrogens is 1170 g/mol. The van der Waals surface area contributed by atoms with Gasteiger partial charge in [-0.3, -0.25) is 9.48 Å². The second-order valence-corrected chi connectivity index (χ2v) is 26.9. The molecule has 3 fully saturated rings. The first-order chi connectivity index (χ1) is 44.3. The fourth-order valence-electron chi connectivity index (χ4n) is 12.9. The number of hydrogen-bond donors (Lipinski definition) is 4. The zero-order valence-electron chi connectivity index (χ0n) is 56.2. The second-order valence-electron chi connectivity index (χ2n) is 25.2. The zero-order valence-corrected chi connectivity index (χ0v) is 57.0. The third kappa shape index (κ3) is 22.3. The Labute approximate surface area is 549 Å². The number of urea groups is 3. The van der Waals surface area contributed by atoms with E-state index in [1.54, 1.807) is 10.9 Å². The molecule has 0 saturated carbocycles. The molecule has 1 aromatic heterocycles. The smallest absolute Gasteiger partial charge is 0.317 e. The molecule has 498 valence electrons. The van der Waals surface area contributed by atoms with Crippen molar-refractivity contribution in [2.24, 2.45) is 7.05 Å². The van der Waals surface area contributed by atoms with E-state index >= 15 is 0 Å². The minimum atomic E-state index is -3.92. The molecule has 5 aromatic carbocycles. The Balaban J connectivity index is 0.000000197. The molecule has 7 amide bonds. The number of amides is 7. The first-order valence-electron chi connectivity index (χ1n) is 33.6. The van der Waals surface area contributed by atoms with Crippen molar-refractivity contribution in [2.75, 3.05) is 55.2 Å². The molecule has 3 atom stereocenters. The summed E-state index contributed by atoms with van der Waals surface area (Å²) >= 11 is 0. The lowest BCUT2D eigenvalue weighted by Gasteiger charge is -2.40. The number of rotatable bonds is 23. The molecule has 18 nitrogen and oxygen atoms in total. The molecule has 0 radical (unpaired) electrons. The maximum absolute atomic E-state index is 13.4.